The number of rotatable bonds is 3. The second-order valence-electron chi connectivity index (χ2n) is 4.84. The van der Waals surface area contributed by atoms with Crippen LogP contribution in [0.3, 0.4) is 0 Å². The Bertz CT molecular complexity index is 707. The van der Waals surface area contributed by atoms with Gasteiger partial charge in [-0.15, -0.1) is 0 Å². The van der Waals surface area contributed by atoms with Gasteiger partial charge in [-0.05, 0) is 24.3 Å². The van der Waals surface area contributed by atoms with Gasteiger partial charge in [0, 0.05) is 17.6 Å². The fraction of sp³-hybridized carbons (Fsp3) is 0.267. The van der Waals surface area contributed by atoms with Crippen molar-refractivity contribution in [2.45, 2.75) is 0 Å². The number of ether oxygens (including phenoxy) is 2. The van der Waals surface area contributed by atoms with Gasteiger partial charge in [-0.25, -0.2) is 0 Å². The first-order chi connectivity index (χ1) is 11.1. The molecular weight excluding hydrogens is 377 g/mol. The van der Waals surface area contributed by atoms with E-state index in [1.807, 2.05) is 0 Å². The summed E-state index contributed by atoms with van der Waals surface area (Å²) in [4.78, 5) is 4.87. The molecule has 4 nitrogen and oxygen atoms in total. The Labute approximate surface area is 139 Å². The van der Waals surface area contributed by atoms with Crippen LogP contribution in [0, 0.1) is 17.6 Å². The van der Waals surface area contributed by atoms with E-state index in [9.17, 15) is 13.2 Å². The van der Waals surface area contributed by atoms with E-state index >= 15 is 0 Å². The van der Waals surface area contributed by atoms with E-state index in [0.29, 0.717) is 26.3 Å². The van der Waals surface area contributed by atoms with Gasteiger partial charge in [0.15, 0.2) is 5.82 Å². The van der Waals surface area contributed by atoms with Crippen LogP contribution in [-0.2, 0) is 4.74 Å². The van der Waals surface area contributed by atoms with Crippen molar-refractivity contribution in [1.29, 1.82) is 0 Å². The Kier molecular flexibility index (Phi) is 4.72. The number of anilines is 1. The second kappa shape index (κ2) is 6.76. The highest BCUT2D eigenvalue weighted by molar-refractivity contribution is 9.10. The molecule has 1 aliphatic rings. The molecule has 1 aromatic carbocycles. The SMILES string of the molecule is Fc1nc(N2CCOCC2)c(F)c(Oc2ccc(Br)cc2)c1F. The monoisotopic (exact) mass is 388 g/mol. The molecule has 0 N–H and O–H groups in total. The molecule has 2 aromatic rings. The van der Waals surface area contributed by atoms with Crippen LogP contribution in [0.5, 0.6) is 11.5 Å². The molecule has 2 heterocycles. The molecule has 0 bridgehead atoms. The highest BCUT2D eigenvalue weighted by Crippen LogP contribution is 2.34. The summed E-state index contributed by atoms with van der Waals surface area (Å²) in [5, 5.41) is 0. The molecule has 0 amide bonds. The number of halogens is 4. The van der Waals surface area contributed by atoms with Gasteiger partial charge in [0.1, 0.15) is 5.75 Å². The summed E-state index contributed by atoms with van der Waals surface area (Å²) in [5.74, 6) is -4.79. The Morgan fingerprint density at radius 1 is 1.04 bits per heavy atom. The quantitative estimate of drug-likeness (QED) is 0.747. The lowest BCUT2D eigenvalue weighted by molar-refractivity contribution is 0.122. The Morgan fingerprint density at radius 2 is 1.70 bits per heavy atom. The minimum absolute atomic E-state index is 0.185. The fourth-order valence-corrected chi connectivity index (χ4v) is 2.44. The predicted molar refractivity (Wildman–Crippen MR) is 81.4 cm³/mol. The van der Waals surface area contributed by atoms with Crippen molar-refractivity contribution in [3.63, 3.8) is 0 Å². The third kappa shape index (κ3) is 3.42. The predicted octanol–water partition coefficient (Wildman–Crippen LogP) is 3.89. The van der Waals surface area contributed by atoms with E-state index in [4.69, 9.17) is 9.47 Å². The van der Waals surface area contributed by atoms with Crippen LogP contribution in [0.15, 0.2) is 28.7 Å². The van der Waals surface area contributed by atoms with Gasteiger partial charge in [0.25, 0.3) is 5.95 Å². The molecule has 0 aliphatic carbocycles. The van der Waals surface area contributed by atoms with E-state index in [1.165, 1.54) is 17.0 Å². The molecule has 0 radical (unpaired) electrons. The summed E-state index contributed by atoms with van der Waals surface area (Å²) in [6.07, 6.45) is 0. The molecule has 3 rings (SSSR count). The first-order valence-electron chi connectivity index (χ1n) is 6.87. The van der Waals surface area contributed by atoms with Crippen molar-refractivity contribution in [3.8, 4) is 11.5 Å². The normalized spacial score (nSPS) is 14.9. The molecule has 1 fully saturated rings. The number of hydrogen-bond acceptors (Lipinski definition) is 4. The maximum Gasteiger partial charge on any atom is 0.255 e. The maximum atomic E-state index is 14.6. The fourth-order valence-electron chi connectivity index (χ4n) is 2.18. The maximum absolute atomic E-state index is 14.6. The molecular formula is C15H12BrF3N2O2. The number of nitrogens with zero attached hydrogens (tertiary/aromatic N) is 2. The Hall–Kier alpha value is -1.80. The summed E-state index contributed by atoms with van der Waals surface area (Å²) < 4.78 is 53.4. The van der Waals surface area contributed by atoms with Crippen LogP contribution in [0.25, 0.3) is 0 Å². The van der Waals surface area contributed by atoms with Crippen molar-refractivity contribution in [1.82, 2.24) is 4.98 Å². The smallest absolute Gasteiger partial charge is 0.255 e. The lowest BCUT2D eigenvalue weighted by Crippen LogP contribution is -2.37. The number of aromatic nitrogens is 1. The van der Waals surface area contributed by atoms with Gasteiger partial charge in [0.05, 0.1) is 13.2 Å². The minimum atomic E-state index is -1.46. The highest BCUT2D eigenvalue weighted by Gasteiger charge is 2.26. The zero-order valence-corrected chi connectivity index (χ0v) is 13.4. The summed E-state index contributed by atoms with van der Waals surface area (Å²) in [5.41, 5.74) is 0. The lowest BCUT2D eigenvalue weighted by Gasteiger charge is -2.28. The average Bonchev–Trinajstić information content (AvgIpc) is 2.57. The van der Waals surface area contributed by atoms with E-state index in [2.05, 4.69) is 20.9 Å². The minimum Gasteiger partial charge on any atom is -0.451 e. The van der Waals surface area contributed by atoms with E-state index < -0.39 is 23.3 Å². The van der Waals surface area contributed by atoms with Crippen molar-refractivity contribution in [3.05, 3.63) is 46.3 Å². The largest absolute Gasteiger partial charge is 0.451 e. The van der Waals surface area contributed by atoms with Crippen molar-refractivity contribution in [2.24, 2.45) is 0 Å². The van der Waals surface area contributed by atoms with Crippen LogP contribution < -0.4 is 9.64 Å². The van der Waals surface area contributed by atoms with Gasteiger partial charge in [-0.1, -0.05) is 15.9 Å². The zero-order valence-electron chi connectivity index (χ0n) is 11.9. The van der Waals surface area contributed by atoms with Gasteiger partial charge in [-0.2, -0.15) is 18.2 Å². The van der Waals surface area contributed by atoms with E-state index in [1.54, 1.807) is 12.1 Å². The van der Waals surface area contributed by atoms with Gasteiger partial charge < -0.3 is 14.4 Å². The zero-order chi connectivity index (χ0) is 16.4. The van der Waals surface area contributed by atoms with Gasteiger partial charge in [0.2, 0.25) is 17.4 Å². The average molecular weight is 389 g/mol. The molecule has 0 atom stereocenters. The van der Waals surface area contributed by atoms with E-state index in [0.717, 1.165) is 4.47 Å². The topological polar surface area (TPSA) is 34.6 Å². The first-order valence-corrected chi connectivity index (χ1v) is 7.66. The standard InChI is InChI=1S/C15H12BrF3N2O2/c16-9-1-3-10(4-2-9)23-13-11(17)14(19)20-15(12(13)18)21-5-7-22-8-6-21/h1-4H,5-8H2. The molecule has 8 heteroatoms. The highest BCUT2D eigenvalue weighted by atomic mass is 79.9. The molecule has 0 unspecified atom stereocenters. The second-order valence-corrected chi connectivity index (χ2v) is 5.75. The van der Waals surface area contributed by atoms with Crippen LogP contribution in [0.1, 0.15) is 0 Å². The first kappa shape index (κ1) is 16.1. The molecule has 1 saturated heterocycles. The van der Waals surface area contributed by atoms with Crippen LogP contribution in [0.2, 0.25) is 0 Å². The molecule has 122 valence electrons. The summed E-state index contributed by atoms with van der Waals surface area (Å²) >= 11 is 3.24. The van der Waals surface area contributed by atoms with E-state index in [-0.39, 0.29) is 11.6 Å². The van der Waals surface area contributed by atoms with Crippen molar-refractivity contribution >= 4 is 21.7 Å². The number of hydrogen-bond donors (Lipinski definition) is 0. The molecule has 1 aliphatic heterocycles. The molecule has 23 heavy (non-hydrogen) atoms. The van der Waals surface area contributed by atoms with Gasteiger partial charge in [-0.3, -0.25) is 0 Å². The van der Waals surface area contributed by atoms with Crippen molar-refractivity contribution < 1.29 is 22.6 Å². The third-order valence-corrected chi connectivity index (χ3v) is 3.85. The number of morpholine rings is 1. The summed E-state index contributed by atoms with van der Waals surface area (Å²) in [7, 11) is 0. The lowest BCUT2D eigenvalue weighted by atomic mass is 10.3. The number of benzene rings is 1. The molecule has 1 aromatic heterocycles. The Morgan fingerprint density at radius 3 is 2.35 bits per heavy atom. The molecule has 0 saturated carbocycles. The summed E-state index contributed by atoms with van der Waals surface area (Å²) in [6, 6.07) is 6.31. The van der Waals surface area contributed by atoms with Crippen molar-refractivity contribution in [2.75, 3.05) is 31.2 Å². The molecule has 0 spiro atoms. The van der Waals surface area contributed by atoms with Gasteiger partial charge >= 0.3 is 0 Å². The number of pyridine rings is 1. The van der Waals surface area contributed by atoms with Crippen LogP contribution in [-0.4, -0.2) is 31.3 Å². The third-order valence-electron chi connectivity index (χ3n) is 3.32. The Balaban J connectivity index is 1.97. The summed E-state index contributed by atoms with van der Waals surface area (Å²) in [6.45, 7) is 1.41. The van der Waals surface area contributed by atoms with Crippen LogP contribution in [0.4, 0.5) is 19.0 Å². The van der Waals surface area contributed by atoms with Crippen LogP contribution >= 0.6 is 15.9 Å².